The first-order valence-electron chi connectivity index (χ1n) is 12.7. The van der Waals surface area contributed by atoms with Crippen molar-refractivity contribution in [2.75, 3.05) is 26.3 Å². The van der Waals surface area contributed by atoms with E-state index in [1.54, 1.807) is 12.1 Å². The minimum atomic E-state index is -0.916. The summed E-state index contributed by atoms with van der Waals surface area (Å²) in [6.07, 6.45) is 11.8. The van der Waals surface area contributed by atoms with E-state index in [0.29, 0.717) is 30.5 Å². The lowest BCUT2D eigenvalue weighted by Crippen LogP contribution is -2.58. The number of amides is 2. The first-order chi connectivity index (χ1) is 16.9. The Hall–Kier alpha value is -1.99. The molecule has 1 fully saturated rings. The molecule has 1 aliphatic rings. The van der Waals surface area contributed by atoms with Gasteiger partial charge in [0.2, 0.25) is 5.91 Å². The number of hydrogen-bond donors (Lipinski definition) is 1. The Balaban J connectivity index is 1.68. The number of piperazine rings is 1. The predicted octanol–water partition coefficient (Wildman–Crippen LogP) is 5.55. The van der Waals surface area contributed by atoms with E-state index in [0.717, 1.165) is 19.3 Å². The second-order valence-electron chi connectivity index (χ2n) is 8.86. The molecule has 0 radical (unpaired) electrons. The summed E-state index contributed by atoms with van der Waals surface area (Å²) in [7, 11) is 0. The SMILES string of the molecule is CCCCCCCCCCCCOC(=O)CC1C(=O)NCCN1C(=O)COc1ccc(Cl)cc1Cl. The molecule has 196 valence electrons. The van der Waals surface area contributed by atoms with Gasteiger partial charge >= 0.3 is 5.97 Å². The van der Waals surface area contributed by atoms with Gasteiger partial charge in [0, 0.05) is 18.1 Å². The monoisotopic (exact) mass is 528 g/mol. The molecule has 1 unspecified atom stereocenters. The van der Waals surface area contributed by atoms with Gasteiger partial charge in [0.15, 0.2) is 6.61 Å². The van der Waals surface area contributed by atoms with E-state index >= 15 is 0 Å². The molecule has 1 atom stereocenters. The lowest BCUT2D eigenvalue weighted by molar-refractivity contribution is -0.152. The highest BCUT2D eigenvalue weighted by Gasteiger charge is 2.35. The van der Waals surface area contributed by atoms with Gasteiger partial charge < -0.3 is 19.7 Å². The molecule has 1 aliphatic heterocycles. The topological polar surface area (TPSA) is 84.9 Å². The summed E-state index contributed by atoms with van der Waals surface area (Å²) in [5, 5.41) is 3.45. The molecule has 35 heavy (non-hydrogen) atoms. The van der Waals surface area contributed by atoms with Crippen molar-refractivity contribution < 1.29 is 23.9 Å². The molecule has 0 aliphatic carbocycles. The lowest BCUT2D eigenvalue weighted by Gasteiger charge is -2.34. The van der Waals surface area contributed by atoms with Crippen LogP contribution in [0.5, 0.6) is 5.75 Å². The summed E-state index contributed by atoms with van der Waals surface area (Å²) in [6, 6.07) is 3.78. The molecule has 1 aromatic carbocycles. The van der Waals surface area contributed by atoms with Crippen LogP contribution in [0.3, 0.4) is 0 Å². The smallest absolute Gasteiger partial charge is 0.308 e. The second-order valence-corrected chi connectivity index (χ2v) is 9.71. The van der Waals surface area contributed by atoms with Crippen LogP contribution in [-0.2, 0) is 19.1 Å². The number of nitrogens with zero attached hydrogens (tertiary/aromatic N) is 1. The number of benzene rings is 1. The summed E-state index contributed by atoms with van der Waals surface area (Å²) in [5.74, 6) is -0.941. The van der Waals surface area contributed by atoms with Gasteiger partial charge in [-0.3, -0.25) is 14.4 Å². The van der Waals surface area contributed by atoms with Crippen molar-refractivity contribution in [3.8, 4) is 5.75 Å². The van der Waals surface area contributed by atoms with Gasteiger partial charge in [0.1, 0.15) is 11.8 Å². The van der Waals surface area contributed by atoms with Crippen LogP contribution in [0.15, 0.2) is 18.2 Å². The highest BCUT2D eigenvalue weighted by Crippen LogP contribution is 2.27. The summed E-state index contributed by atoms with van der Waals surface area (Å²) < 4.78 is 10.8. The van der Waals surface area contributed by atoms with Crippen LogP contribution >= 0.6 is 23.2 Å². The summed E-state index contributed by atoms with van der Waals surface area (Å²) in [5.41, 5.74) is 0. The van der Waals surface area contributed by atoms with Crippen LogP contribution in [0, 0.1) is 0 Å². The van der Waals surface area contributed by atoms with Crippen molar-refractivity contribution >= 4 is 41.0 Å². The fourth-order valence-corrected chi connectivity index (χ4v) is 4.49. The number of ether oxygens (including phenoxy) is 2. The molecule has 7 nitrogen and oxygen atoms in total. The fraction of sp³-hybridized carbons (Fsp3) is 0.654. The largest absolute Gasteiger partial charge is 0.482 e. The predicted molar refractivity (Wildman–Crippen MR) is 138 cm³/mol. The van der Waals surface area contributed by atoms with E-state index in [1.807, 2.05) is 0 Å². The van der Waals surface area contributed by atoms with Crippen LogP contribution in [0.4, 0.5) is 0 Å². The third-order valence-corrected chi connectivity index (χ3v) is 6.55. The van der Waals surface area contributed by atoms with E-state index < -0.39 is 17.9 Å². The minimum Gasteiger partial charge on any atom is -0.482 e. The first-order valence-corrected chi connectivity index (χ1v) is 13.5. The molecule has 1 heterocycles. The van der Waals surface area contributed by atoms with E-state index in [2.05, 4.69) is 12.2 Å². The third kappa shape index (κ3) is 11.1. The quantitative estimate of drug-likeness (QED) is 0.224. The van der Waals surface area contributed by atoms with Crippen molar-refractivity contribution in [3.63, 3.8) is 0 Å². The number of carbonyl (C=O) groups is 3. The van der Waals surface area contributed by atoms with Crippen LogP contribution in [-0.4, -0.2) is 55.0 Å². The van der Waals surface area contributed by atoms with Crippen LogP contribution in [0.25, 0.3) is 0 Å². The van der Waals surface area contributed by atoms with Crippen LogP contribution in [0.2, 0.25) is 10.0 Å². The van der Waals surface area contributed by atoms with E-state index in [9.17, 15) is 14.4 Å². The summed E-state index contributed by atoms with van der Waals surface area (Å²) >= 11 is 12.0. The maximum Gasteiger partial charge on any atom is 0.308 e. The highest BCUT2D eigenvalue weighted by molar-refractivity contribution is 6.35. The Morgan fingerprint density at radius 1 is 1.03 bits per heavy atom. The van der Waals surface area contributed by atoms with Crippen molar-refractivity contribution in [1.29, 1.82) is 0 Å². The molecule has 1 saturated heterocycles. The Morgan fingerprint density at radius 3 is 2.34 bits per heavy atom. The molecule has 0 spiro atoms. The van der Waals surface area contributed by atoms with Crippen LogP contribution in [0.1, 0.15) is 77.6 Å². The Labute approximate surface area is 218 Å². The number of carbonyl (C=O) groups excluding carboxylic acids is 3. The van der Waals surface area contributed by atoms with Crippen LogP contribution < -0.4 is 10.1 Å². The zero-order chi connectivity index (χ0) is 25.5. The number of esters is 1. The zero-order valence-corrected chi connectivity index (χ0v) is 22.2. The average molecular weight is 530 g/mol. The second kappa shape index (κ2) is 16.6. The van der Waals surface area contributed by atoms with Crippen molar-refractivity contribution in [3.05, 3.63) is 28.2 Å². The number of rotatable bonds is 16. The number of nitrogens with one attached hydrogen (secondary N) is 1. The molecule has 0 bridgehead atoms. The molecule has 1 aromatic rings. The molecular formula is C26H38Cl2N2O5. The minimum absolute atomic E-state index is 0.183. The van der Waals surface area contributed by atoms with Crippen molar-refractivity contribution in [2.45, 2.75) is 83.6 Å². The molecule has 0 aromatic heterocycles. The van der Waals surface area contributed by atoms with Gasteiger partial charge in [-0.1, -0.05) is 87.9 Å². The maximum absolute atomic E-state index is 12.7. The van der Waals surface area contributed by atoms with E-state index in [1.165, 1.54) is 55.9 Å². The van der Waals surface area contributed by atoms with Crippen molar-refractivity contribution in [1.82, 2.24) is 10.2 Å². The third-order valence-electron chi connectivity index (χ3n) is 6.02. The van der Waals surface area contributed by atoms with Gasteiger partial charge in [-0.2, -0.15) is 0 Å². The number of unbranched alkanes of at least 4 members (excludes halogenated alkanes) is 9. The Morgan fingerprint density at radius 2 is 1.69 bits per heavy atom. The fourth-order valence-electron chi connectivity index (χ4n) is 4.02. The molecule has 1 N–H and O–H groups in total. The van der Waals surface area contributed by atoms with Gasteiger partial charge in [-0.15, -0.1) is 0 Å². The summed E-state index contributed by atoms with van der Waals surface area (Å²) in [4.78, 5) is 38.8. The van der Waals surface area contributed by atoms with E-state index in [4.69, 9.17) is 32.7 Å². The van der Waals surface area contributed by atoms with Gasteiger partial charge in [-0.25, -0.2) is 0 Å². The van der Waals surface area contributed by atoms with Gasteiger partial charge in [-0.05, 0) is 24.6 Å². The lowest BCUT2D eigenvalue weighted by atomic mass is 10.1. The molecule has 2 rings (SSSR count). The zero-order valence-electron chi connectivity index (χ0n) is 20.7. The first kappa shape index (κ1) is 29.2. The van der Waals surface area contributed by atoms with Gasteiger partial charge in [0.25, 0.3) is 5.91 Å². The Kier molecular flexibility index (Phi) is 13.9. The van der Waals surface area contributed by atoms with Gasteiger partial charge in [0.05, 0.1) is 18.1 Å². The standard InChI is InChI=1S/C26H38Cl2N2O5/c1-2-3-4-5-6-7-8-9-10-11-16-34-25(32)18-22-26(33)29-14-15-30(22)24(31)19-35-23-13-12-20(27)17-21(23)28/h12-13,17,22H,2-11,14-16,18-19H2,1H3,(H,29,33). The Bertz CT molecular complexity index is 821. The molecule has 9 heteroatoms. The molecule has 2 amide bonds. The number of halogens is 2. The normalized spacial score (nSPS) is 15.6. The molecular weight excluding hydrogens is 491 g/mol. The average Bonchev–Trinajstić information content (AvgIpc) is 2.83. The van der Waals surface area contributed by atoms with Crippen molar-refractivity contribution in [2.24, 2.45) is 0 Å². The number of hydrogen-bond acceptors (Lipinski definition) is 5. The van der Waals surface area contributed by atoms with E-state index in [-0.39, 0.29) is 24.0 Å². The summed E-state index contributed by atoms with van der Waals surface area (Å²) in [6.45, 7) is 2.85. The highest BCUT2D eigenvalue weighted by atomic mass is 35.5. The molecule has 0 saturated carbocycles. The maximum atomic E-state index is 12.7.